The van der Waals surface area contributed by atoms with Gasteiger partial charge in [0.05, 0.1) is 0 Å². The van der Waals surface area contributed by atoms with Crippen molar-refractivity contribution in [2.45, 2.75) is 80.1 Å². The monoisotopic (exact) mass is 295 g/mol. The van der Waals surface area contributed by atoms with E-state index < -0.39 is 0 Å². The first-order valence-electron chi connectivity index (χ1n) is 9.11. The summed E-state index contributed by atoms with van der Waals surface area (Å²) in [5.41, 5.74) is 0.506. The van der Waals surface area contributed by atoms with Gasteiger partial charge in [-0.05, 0) is 43.1 Å². The molecule has 0 radical (unpaired) electrons. The van der Waals surface area contributed by atoms with Crippen LogP contribution in [-0.4, -0.2) is 23.9 Å². The molecular weight excluding hydrogens is 258 g/mol. The van der Waals surface area contributed by atoms with Crippen LogP contribution < -0.4 is 0 Å². The average molecular weight is 296 g/mol. The van der Waals surface area contributed by atoms with E-state index in [9.17, 15) is 4.79 Å². The Hall–Kier alpha value is -0.790. The lowest BCUT2D eigenvalue weighted by molar-refractivity contribution is -0.125. The Morgan fingerprint density at radius 3 is 2.38 bits per heavy atom. The Morgan fingerprint density at radius 2 is 1.86 bits per heavy atom. The zero-order valence-electron chi connectivity index (χ0n) is 15.2. The lowest BCUT2D eigenvalue weighted by Gasteiger charge is -2.43. The molecule has 1 aliphatic carbocycles. The molecule has 0 bridgehead atoms. The summed E-state index contributed by atoms with van der Waals surface area (Å²) in [5.74, 6) is 1.11. The number of amides is 1. The van der Waals surface area contributed by atoms with Gasteiger partial charge in [-0.1, -0.05) is 60.5 Å². The van der Waals surface area contributed by atoms with E-state index in [1.165, 1.54) is 32.1 Å². The second kappa shape index (κ2) is 10.9. The van der Waals surface area contributed by atoms with Crippen LogP contribution in [0, 0.1) is 11.3 Å². The molecule has 0 unspecified atom stereocenters. The maximum atomic E-state index is 12.0. The average Bonchev–Trinajstić information content (AvgIpc) is 2.93. The minimum atomic E-state index is 0.234. The van der Waals surface area contributed by atoms with E-state index in [0.29, 0.717) is 5.41 Å². The minimum absolute atomic E-state index is 0.234. The van der Waals surface area contributed by atoms with E-state index in [1.807, 2.05) is 38.7 Å². The number of hydrogen-bond acceptors (Lipinski definition) is 1. The molecule has 2 aliphatic rings. The first-order chi connectivity index (χ1) is 10.2. The number of nitrogens with zero attached hydrogens (tertiary/aromatic N) is 1. The van der Waals surface area contributed by atoms with Crippen LogP contribution in [0.4, 0.5) is 0 Å². The topological polar surface area (TPSA) is 20.3 Å². The van der Waals surface area contributed by atoms with E-state index in [-0.39, 0.29) is 5.91 Å². The van der Waals surface area contributed by atoms with Crippen LogP contribution in [0.15, 0.2) is 12.2 Å². The highest BCUT2D eigenvalue weighted by Gasteiger charge is 2.47. The van der Waals surface area contributed by atoms with Crippen LogP contribution in [0.5, 0.6) is 0 Å². The van der Waals surface area contributed by atoms with Crippen LogP contribution in [0.25, 0.3) is 0 Å². The van der Waals surface area contributed by atoms with Crippen LogP contribution in [0.1, 0.15) is 80.1 Å². The van der Waals surface area contributed by atoms with Crippen molar-refractivity contribution in [3.63, 3.8) is 0 Å². The molecule has 0 aromatic carbocycles. The van der Waals surface area contributed by atoms with E-state index in [1.54, 1.807) is 6.08 Å². The quantitative estimate of drug-likeness (QED) is 0.500. The maximum Gasteiger partial charge on any atom is 0.246 e. The van der Waals surface area contributed by atoms with Gasteiger partial charge in [-0.15, -0.1) is 0 Å². The number of carbonyl (C=O) groups excluding carboxylic acids is 1. The number of allylic oxidation sites excluding steroid dienone is 1. The lowest BCUT2D eigenvalue weighted by atomic mass is 9.62. The molecule has 0 aromatic heterocycles. The third kappa shape index (κ3) is 6.23. The number of carbonyl (C=O) groups is 1. The molecule has 1 heterocycles. The fraction of sp³-hybridized carbons (Fsp3) is 0.842. The van der Waals surface area contributed by atoms with E-state index in [0.717, 1.165) is 25.4 Å². The van der Waals surface area contributed by atoms with Gasteiger partial charge in [-0.3, -0.25) is 4.79 Å². The van der Waals surface area contributed by atoms with Gasteiger partial charge < -0.3 is 4.90 Å². The van der Waals surface area contributed by atoms with Crippen LogP contribution in [0.2, 0.25) is 0 Å². The fourth-order valence-electron chi connectivity index (χ4n) is 3.49. The van der Waals surface area contributed by atoms with Gasteiger partial charge in [-0.2, -0.15) is 0 Å². The number of likely N-dealkylation sites (tertiary alicyclic amines) is 1. The predicted octanol–water partition coefficient (Wildman–Crippen LogP) is 5.43. The highest BCUT2D eigenvalue weighted by molar-refractivity contribution is 5.87. The molecule has 1 saturated heterocycles. The van der Waals surface area contributed by atoms with E-state index >= 15 is 0 Å². The third-order valence-corrected chi connectivity index (χ3v) is 4.30. The highest BCUT2D eigenvalue weighted by Crippen LogP contribution is 2.51. The third-order valence-electron chi connectivity index (χ3n) is 4.30. The second-order valence-corrected chi connectivity index (χ2v) is 6.07. The first kappa shape index (κ1) is 20.2. The maximum absolute atomic E-state index is 12.0. The highest BCUT2D eigenvalue weighted by atomic mass is 16.2. The Labute approximate surface area is 133 Å². The van der Waals surface area contributed by atoms with Crippen molar-refractivity contribution in [1.29, 1.82) is 0 Å². The van der Waals surface area contributed by atoms with Gasteiger partial charge in [0.1, 0.15) is 0 Å². The summed E-state index contributed by atoms with van der Waals surface area (Å²) in [6.07, 6.45) is 11.1. The zero-order valence-corrected chi connectivity index (χ0v) is 15.2. The molecule has 21 heavy (non-hydrogen) atoms. The van der Waals surface area contributed by atoms with Crippen LogP contribution >= 0.6 is 0 Å². The van der Waals surface area contributed by atoms with Crippen molar-refractivity contribution in [2.75, 3.05) is 13.1 Å². The van der Waals surface area contributed by atoms with Crippen molar-refractivity contribution in [3.8, 4) is 0 Å². The predicted molar refractivity (Wildman–Crippen MR) is 93.4 cm³/mol. The van der Waals surface area contributed by atoms with Gasteiger partial charge in [0.25, 0.3) is 0 Å². The normalized spacial score (nSPS) is 26.8. The van der Waals surface area contributed by atoms with Gasteiger partial charge in [0.2, 0.25) is 5.91 Å². The van der Waals surface area contributed by atoms with Gasteiger partial charge >= 0.3 is 0 Å². The minimum Gasteiger partial charge on any atom is -0.339 e. The van der Waals surface area contributed by atoms with Crippen molar-refractivity contribution < 1.29 is 4.79 Å². The summed E-state index contributed by atoms with van der Waals surface area (Å²) in [6.45, 7) is 14.5. The van der Waals surface area contributed by atoms with Crippen molar-refractivity contribution in [3.05, 3.63) is 12.2 Å². The summed E-state index contributed by atoms with van der Waals surface area (Å²) >= 11 is 0. The molecule has 0 atom stereocenters. The smallest absolute Gasteiger partial charge is 0.246 e. The SMILES string of the molecule is CC.CC.CCCC/C=C/C(=O)N1CCC2(CC(C)C2)C1. The Balaban J connectivity index is 0.000000921. The molecule has 1 spiro atoms. The molecule has 2 rings (SSSR count). The summed E-state index contributed by atoms with van der Waals surface area (Å²) in [7, 11) is 0. The summed E-state index contributed by atoms with van der Waals surface area (Å²) in [4.78, 5) is 14.0. The van der Waals surface area contributed by atoms with Crippen molar-refractivity contribution in [2.24, 2.45) is 11.3 Å². The number of hydrogen-bond donors (Lipinski definition) is 0. The zero-order chi connectivity index (χ0) is 16.3. The van der Waals surface area contributed by atoms with Crippen molar-refractivity contribution >= 4 is 5.91 Å². The molecular formula is C19H37NO. The molecule has 0 aromatic rings. The molecule has 124 valence electrons. The molecule has 2 nitrogen and oxygen atoms in total. The molecule has 1 amide bonds. The molecule has 1 aliphatic heterocycles. The molecule has 2 heteroatoms. The molecule has 0 N–H and O–H groups in total. The van der Waals surface area contributed by atoms with E-state index in [4.69, 9.17) is 0 Å². The number of rotatable bonds is 4. The Bertz CT molecular complexity index is 303. The fourth-order valence-corrected chi connectivity index (χ4v) is 3.49. The first-order valence-corrected chi connectivity index (χ1v) is 9.11. The standard InChI is InChI=1S/C15H25NO.2C2H6/c1-3-4-5-6-7-14(17)16-9-8-15(12-16)10-13(2)11-15;2*1-2/h6-7,13H,3-5,8-12H2,1-2H3;2*1-2H3/b7-6+;;. The second-order valence-electron chi connectivity index (χ2n) is 6.07. The Kier molecular flexibility index (Phi) is 10.5. The lowest BCUT2D eigenvalue weighted by Crippen LogP contribution is -2.39. The molecule has 1 saturated carbocycles. The molecule has 2 fully saturated rings. The van der Waals surface area contributed by atoms with Crippen molar-refractivity contribution in [1.82, 2.24) is 4.90 Å². The van der Waals surface area contributed by atoms with Gasteiger partial charge in [-0.25, -0.2) is 0 Å². The summed E-state index contributed by atoms with van der Waals surface area (Å²) < 4.78 is 0. The summed E-state index contributed by atoms with van der Waals surface area (Å²) in [6, 6.07) is 0. The van der Waals surface area contributed by atoms with Gasteiger partial charge in [0, 0.05) is 13.1 Å². The number of unbranched alkanes of at least 4 members (excludes halogenated alkanes) is 2. The Morgan fingerprint density at radius 1 is 1.24 bits per heavy atom. The van der Waals surface area contributed by atoms with Crippen LogP contribution in [-0.2, 0) is 4.79 Å². The van der Waals surface area contributed by atoms with Crippen LogP contribution in [0.3, 0.4) is 0 Å². The van der Waals surface area contributed by atoms with E-state index in [2.05, 4.69) is 13.8 Å². The largest absolute Gasteiger partial charge is 0.339 e. The summed E-state index contributed by atoms with van der Waals surface area (Å²) in [5, 5.41) is 0. The van der Waals surface area contributed by atoms with Gasteiger partial charge in [0.15, 0.2) is 0 Å².